The zero-order valence-electron chi connectivity index (χ0n) is 11.5. The third kappa shape index (κ3) is 3.02. The van der Waals surface area contributed by atoms with Gasteiger partial charge in [0.05, 0.1) is 25.4 Å². The Kier molecular flexibility index (Phi) is 4.21. The summed E-state index contributed by atoms with van der Waals surface area (Å²) in [6.07, 6.45) is 0. The van der Waals surface area contributed by atoms with Crippen molar-refractivity contribution in [2.45, 2.75) is 13.2 Å². The fraction of sp³-hybridized carbons (Fsp3) is 0.231. The zero-order chi connectivity index (χ0) is 15.7. The maximum Gasteiger partial charge on any atom is 0.223 e. The first kappa shape index (κ1) is 15.1. The van der Waals surface area contributed by atoms with Crippen molar-refractivity contribution in [2.24, 2.45) is 0 Å². The van der Waals surface area contributed by atoms with Gasteiger partial charge in [-0.1, -0.05) is 29.3 Å². The van der Waals surface area contributed by atoms with Crippen LogP contribution in [0.5, 0.6) is 0 Å². The number of aromatic nitrogens is 2. The van der Waals surface area contributed by atoms with Crippen LogP contribution < -0.4 is 16.8 Å². The molecule has 0 aliphatic carbocycles. The number of rotatable bonds is 3. The molecule has 22 heavy (non-hydrogen) atoms. The van der Waals surface area contributed by atoms with Crippen LogP contribution in [0.4, 0.5) is 17.6 Å². The maximum absolute atomic E-state index is 6.12. The first-order chi connectivity index (χ1) is 10.5. The maximum atomic E-state index is 6.12. The van der Waals surface area contributed by atoms with E-state index < -0.39 is 0 Å². The highest BCUT2D eigenvalue weighted by Crippen LogP contribution is 2.28. The monoisotopic (exact) mass is 340 g/mol. The number of nitrogen functional groups attached to an aromatic ring is 2. The second-order valence-corrected chi connectivity index (χ2v) is 5.56. The summed E-state index contributed by atoms with van der Waals surface area (Å²) in [6, 6.07) is 5.32. The number of benzene rings is 1. The van der Waals surface area contributed by atoms with Crippen molar-refractivity contribution in [3.63, 3.8) is 0 Å². The SMILES string of the molecule is Nc1nc(N)c2c(n1)NCN(OCc1c(Cl)cccc1Cl)C2. The molecule has 116 valence electrons. The molecule has 1 aromatic carbocycles. The predicted molar refractivity (Wildman–Crippen MR) is 86.1 cm³/mol. The van der Waals surface area contributed by atoms with Crippen LogP contribution in [0, 0.1) is 0 Å². The number of nitrogens with one attached hydrogen (secondary N) is 1. The Bertz CT molecular complexity index is 691. The van der Waals surface area contributed by atoms with Gasteiger partial charge >= 0.3 is 0 Å². The molecule has 0 bridgehead atoms. The molecule has 1 aliphatic rings. The highest BCUT2D eigenvalue weighted by molar-refractivity contribution is 6.35. The van der Waals surface area contributed by atoms with Gasteiger partial charge in [-0.25, -0.2) is 0 Å². The van der Waals surface area contributed by atoms with Crippen molar-refractivity contribution in [2.75, 3.05) is 23.5 Å². The summed E-state index contributed by atoms with van der Waals surface area (Å²) in [7, 11) is 0. The fourth-order valence-corrected chi connectivity index (χ4v) is 2.64. The molecule has 2 heterocycles. The molecule has 5 N–H and O–H groups in total. The minimum absolute atomic E-state index is 0.140. The quantitative estimate of drug-likeness (QED) is 0.787. The van der Waals surface area contributed by atoms with Gasteiger partial charge in [-0.15, -0.1) is 0 Å². The van der Waals surface area contributed by atoms with Crippen LogP contribution in [0.25, 0.3) is 0 Å². The predicted octanol–water partition coefficient (Wildman–Crippen LogP) is 2.26. The van der Waals surface area contributed by atoms with Gasteiger partial charge in [0, 0.05) is 15.6 Å². The average molecular weight is 341 g/mol. The van der Waals surface area contributed by atoms with Crippen molar-refractivity contribution < 1.29 is 4.84 Å². The number of fused-ring (bicyclic) bond motifs is 1. The molecule has 1 aromatic heterocycles. The molecule has 0 spiro atoms. The topological polar surface area (TPSA) is 102 Å². The molecule has 0 saturated heterocycles. The summed E-state index contributed by atoms with van der Waals surface area (Å²) >= 11 is 12.2. The van der Waals surface area contributed by atoms with Gasteiger partial charge in [0.2, 0.25) is 5.95 Å². The second kappa shape index (κ2) is 6.13. The standard InChI is InChI=1S/C13H14Cl2N6O/c14-9-2-1-3-10(15)8(9)5-22-21-4-7-11(16)19-13(17)20-12(7)18-6-21/h1-3H,4-6H2,(H5,16,17,18,19,20). The lowest BCUT2D eigenvalue weighted by molar-refractivity contribution is -0.174. The van der Waals surface area contributed by atoms with Gasteiger partial charge in [0.15, 0.2) is 0 Å². The van der Waals surface area contributed by atoms with Crippen LogP contribution in [-0.4, -0.2) is 21.7 Å². The number of nitrogens with two attached hydrogens (primary N) is 2. The minimum atomic E-state index is 0.140. The highest BCUT2D eigenvalue weighted by atomic mass is 35.5. The van der Waals surface area contributed by atoms with E-state index in [-0.39, 0.29) is 12.6 Å². The van der Waals surface area contributed by atoms with Crippen LogP contribution >= 0.6 is 23.2 Å². The zero-order valence-corrected chi connectivity index (χ0v) is 13.0. The van der Waals surface area contributed by atoms with E-state index in [0.29, 0.717) is 34.9 Å². The molecular weight excluding hydrogens is 327 g/mol. The lowest BCUT2D eigenvalue weighted by atomic mass is 10.2. The van der Waals surface area contributed by atoms with Crippen molar-refractivity contribution >= 4 is 40.8 Å². The van der Waals surface area contributed by atoms with E-state index >= 15 is 0 Å². The minimum Gasteiger partial charge on any atom is -0.383 e. The van der Waals surface area contributed by atoms with E-state index in [1.165, 1.54) is 0 Å². The lowest BCUT2D eigenvalue weighted by Gasteiger charge is -2.29. The van der Waals surface area contributed by atoms with E-state index in [9.17, 15) is 0 Å². The number of hydrogen-bond donors (Lipinski definition) is 3. The molecule has 7 nitrogen and oxygen atoms in total. The molecule has 0 amide bonds. The fourth-order valence-electron chi connectivity index (χ4n) is 2.13. The van der Waals surface area contributed by atoms with Crippen LogP contribution in [0.15, 0.2) is 18.2 Å². The molecule has 0 unspecified atom stereocenters. The van der Waals surface area contributed by atoms with Gasteiger partial charge in [-0.3, -0.25) is 4.84 Å². The molecule has 0 fully saturated rings. The summed E-state index contributed by atoms with van der Waals surface area (Å²) in [5.74, 6) is 1.10. The number of nitrogens with zero attached hydrogens (tertiary/aromatic N) is 3. The van der Waals surface area contributed by atoms with Crippen LogP contribution in [0.2, 0.25) is 10.0 Å². The summed E-state index contributed by atoms with van der Waals surface area (Å²) in [6.45, 7) is 1.13. The Balaban J connectivity index is 1.71. The second-order valence-electron chi connectivity index (χ2n) is 4.74. The summed E-state index contributed by atoms with van der Waals surface area (Å²) in [4.78, 5) is 13.8. The lowest BCUT2D eigenvalue weighted by Crippen LogP contribution is -2.35. The van der Waals surface area contributed by atoms with Crippen LogP contribution in [0.3, 0.4) is 0 Å². The molecule has 9 heteroatoms. The van der Waals surface area contributed by atoms with Gasteiger partial charge in [0.25, 0.3) is 0 Å². The van der Waals surface area contributed by atoms with Crippen molar-refractivity contribution in [1.29, 1.82) is 0 Å². The van der Waals surface area contributed by atoms with Gasteiger partial charge in [-0.2, -0.15) is 15.0 Å². The average Bonchev–Trinajstić information content (AvgIpc) is 2.47. The summed E-state index contributed by atoms with van der Waals surface area (Å²) in [5, 5.41) is 5.90. The Hall–Kier alpha value is -1.80. The summed E-state index contributed by atoms with van der Waals surface area (Å²) < 4.78 is 0. The number of anilines is 3. The first-order valence-electron chi connectivity index (χ1n) is 6.51. The number of hydrogen-bond acceptors (Lipinski definition) is 7. The van der Waals surface area contributed by atoms with Gasteiger partial charge in [-0.05, 0) is 12.1 Å². The highest BCUT2D eigenvalue weighted by Gasteiger charge is 2.21. The molecule has 0 atom stereocenters. The largest absolute Gasteiger partial charge is 0.383 e. The third-order valence-electron chi connectivity index (χ3n) is 3.27. The Morgan fingerprint density at radius 3 is 2.68 bits per heavy atom. The van der Waals surface area contributed by atoms with Crippen LogP contribution in [-0.2, 0) is 18.0 Å². The Morgan fingerprint density at radius 2 is 1.95 bits per heavy atom. The summed E-state index contributed by atoms with van der Waals surface area (Å²) in [5.41, 5.74) is 12.9. The molecule has 3 rings (SSSR count). The first-order valence-corrected chi connectivity index (χ1v) is 7.26. The molecule has 2 aromatic rings. The molecule has 1 aliphatic heterocycles. The van der Waals surface area contributed by atoms with Crippen molar-refractivity contribution in [3.8, 4) is 0 Å². The third-order valence-corrected chi connectivity index (χ3v) is 3.98. The van der Waals surface area contributed by atoms with Gasteiger partial charge in [0.1, 0.15) is 11.6 Å². The van der Waals surface area contributed by atoms with E-state index in [0.717, 1.165) is 11.1 Å². The van der Waals surface area contributed by atoms with E-state index in [1.807, 2.05) is 0 Å². The molecular formula is C13H14Cl2N6O. The normalized spacial score (nSPS) is 14.5. The Morgan fingerprint density at radius 1 is 1.23 bits per heavy atom. The Labute approximate surface area is 137 Å². The van der Waals surface area contributed by atoms with Crippen molar-refractivity contribution in [3.05, 3.63) is 39.4 Å². The number of halogens is 2. The number of hydroxylamine groups is 2. The van der Waals surface area contributed by atoms with E-state index in [1.54, 1.807) is 23.3 Å². The van der Waals surface area contributed by atoms with Crippen LogP contribution in [0.1, 0.15) is 11.1 Å². The van der Waals surface area contributed by atoms with Crippen molar-refractivity contribution in [1.82, 2.24) is 15.0 Å². The van der Waals surface area contributed by atoms with E-state index in [2.05, 4.69) is 15.3 Å². The van der Waals surface area contributed by atoms with E-state index in [4.69, 9.17) is 39.5 Å². The van der Waals surface area contributed by atoms with Gasteiger partial charge < -0.3 is 16.8 Å². The molecule has 0 saturated carbocycles. The molecule has 0 radical (unpaired) electrons. The smallest absolute Gasteiger partial charge is 0.223 e.